The summed E-state index contributed by atoms with van der Waals surface area (Å²) in [4.78, 5) is 25.3. The molecule has 0 aliphatic carbocycles. The van der Waals surface area contributed by atoms with Crippen molar-refractivity contribution in [3.8, 4) is 0 Å². The highest BCUT2D eigenvalue weighted by Gasteiger charge is 2.36. The number of carboxylic acids is 1. The van der Waals surface area contributed by atoms with Crippen LogP contribution in [-0.4, -0.2) is 36.7 Å². The average Bonchev–Trinajstić information content (AvgIpc) is 2.44. The summed E-state index contributed by atoms with van der Waals surface area (Å²) < 4.78 is 0. The van der Waals surface area contributed by atoms with Gasteiger partial charge in [-0.15, -0.1) is 0 Å². The molecule has 3 N–H and O–H groups in total. The van der Waals surface area contributed by atoms with Crippen LogP contribution in [0.4, 0.5) is 16.2 Å². The Morgan fingerprint density at radius 1 is 1.24 bits per heavy atom. The number of carbonyl (C=O) groups is 2. The third kappa shape index (κ3) is 4.11. The largest absolute Gasteiger partial charge is 0.480 e. The van der Waals surface area contributed by atoms with Gasteiger partial charge in [0.2, 0.25) is 0 Å². The van der Waals surface area contributed by atoms with Crippen molar-refractivity contribution < 1.29 is 14.7 Å². The van der Waals surface area contributed by atoms with Gasteiger partial charge in [-0.3, -0.25) is 0 Å². The molecule has 0 saturated heterocycles. The van der Waals surface area contributed by atoms with E-state index in [2.05, 4.69) is 10.6 Å². The van der Waals surface area contributed by atoms with E-state index in [1.54, 1.807) is 19.9 Å². The first-order chi connectivity index (χ1) is 9.84. The molecule has 1 aromatic rings. The summed E-state index contributed by atoms with van der Waals surface area (Å²) in [6, 6.07) is 6.81. The summed E-state index contributed by atoms with van der Waals surface area (Å²) in [6.07, 6.45) is 0.647. The molecule has 0 atom stereocenters. The normalized spacial score (nSPS) is 10.9. The molecular formula is C15H23N3O3. The van der Waals surface area contributed by atoms with Crippen LogP contribution >= 0.6 is 0 Å². The van der Waals surface area contributed by atoms with Gasteiger partial charge in [-0.1, -0.05) is 19.9 Å². The first-order valence-corrected chi connectivity index (χ1v) is 6.94. The summed E-state index contributed by atoms with van der Waals surface area (Å²) in [7, 11) is 3.81. The first-order valence-electron chi connectivity index (χ1n) is 6.94. The molecule has 0 spiro atoms. The highest BCUT2D eigenvalue weighted by atomic mass is 16.4. The van der Waals surface area contributed by atoms with E-state index in [-0.39, 0.29) is 0 Å². The van der Waals surface area contributed by atoms with Gasteiger partial charge >= 0.3 is 12.0 Å². The number of nitrogens with one attached hydrogen (secondary N) is 2. The predicted molar refractivity (Wildman–Crippen MR) is 83.9 cm³/mol. The lowest BCUT2D eigenvalue weighted by Gasteiger charge is -2.28. The molecule has 0 aliphatic heterocycles. The lowest BCUT2D eigenvalue weighted by molar-refractivity contribution is -0.144. The van der Waals surface area contributed by atoms with Crippen molar-refractivity contribution >= 4 is 23.4 Å². The molecule has 1 aromatic carbocycles. The highest BCUT2D eigenvalue weighted by Crippen LogP contribution is 2.19. The molecule has 6 heteroatoms. The Balaban J connectivity index is 2.82. The van der Waals surface area contributed by atoms with Crippen molar-refractivity contribution in [2.24, 2.45) is 0 Å². The van der Waals surface area contributed by atoms with E-state index in [1.165, 1.54) is 0 Å². The van der Waals surface area contributed by atoms with E-state index >= 15 is 0 Å². The van der Waals surface area contributed by atoms with E-state index in [0.29, 0.717) is 18.5 Å². The molecule has 2 amide bonds. The fourth-order valence-electron chi connectivity index (χ4n) is 2.02. The Bertz CT molecular complexity index is 511. The van der Waals surface area contributed by atoms with Crippen molar-refractivity contribution in [3.63, 3.8) is 0 Å². The van der Waals surface area contributed by atoms with Crippen LogP contribution in [0, 0.1) is 0 Å². The van der Waals surface area contributed by atoms with Crippen LogP contribution < -0.4 is 15.5 Å². The van der Waals surface area contributed by atoms with Crippen LogP contribution in [0.1, 0.15) is 26.7 Å². The molecule has 6 nitrogen and oxygen atoms in total. The third-order valence-corrected chi connectivity index (χ3v) is 3.59. The molecule has 0 unspecified atom stereocenters. The highest BCUT2D eigenvalue weighted by molar-refractivity contribution is 5.94. The smallest absolute Gasteiger partial charge is 0.329 e. The Morgan fingerprint density at radius 2 is 1.86 bits per heavy atom. The van der Waals surface area contributed by atoms with Gasteiger partial charge in [0, 0.05) is 25.5 Å². The summed E-state index contributed by atoms with van der Waals surface area (Å²) in [5.74, 6) is -1.02. The van der Waals surface area contributed by atoms with E-state index in [0.717, 1.165) is 5.69 Å². The third-order valence-electron chi connectivity index (χ3n) is 3.59. The van der Waals surface area contributed by atoms with Crippen molar-refractivity contribution in [2.45, 2.75) is 32.2 Å². The Labute approximate surface area is 125 Å². The zero-order valence-corrected chi connectivity index (χ0v) is 12.9. The van der Waals surface area contributed by atoms with Gasteiger partial charge in [-0.05, 0) is 31.0 Å². The van der Waals surface area contributed by atoms with Gasteiger partial charge in [-0.2, -0.15) is 0 Å². The van der Waals surface area contributed by atoms with Crippen LogP contribution in [-0.2, 0) is 4.79 Å². The van der Waals surface area contributed by atoms with Gasteiger partial charge in [-0.25, -0.2) is 9.59 Å². The van der Waals surface area contributed by atoms with Crippen molar-refractivity contribution in [2.75, 3.05) is 24.3 Å². The molecule has 21 heavy (non-hydrogen) atoms. The molecule has 0 saturated carbocycles. The number of carbonyl (C=O) groups excluding carboxylic acids is 1. The van der Waals surface area contributed by atoms with Crippen LogP contribution in [0.25, 0.3) is 0 Å². The minimum absolute atomic E-state index is 0.323. The van der Waals surface area contributed by atoms with Crippen molar-refractivity contribution in [1.82, 2.24) is 5.32 Å². The quantitative estimate of drug-likeness (QED) is 0.752. The minimum atomic E-state index is -1.23. The van der Waals surface area contributed by atoms with Crippen LogP contribution in [0.3, 0.4) is 0 Å². The molecule has 116 valence electrons. The maximum atomic E-state index is 12.0. The number of amides is 2. The summed E-state index contributed by atoms with van der Waals surface area (Å²) in [5, 5.41) is 14.5. The fourth-order valence-corrected chi connectivity index (χ4v) is 2.02. The van der Waals surface area contributed by atoms with Gasteiger partial charge in [0.15, 0.2) is 0 Å². The van der Waals surface area contributed by atoms with Crippen LogP contribution in [0.5, 0.6) is 0 Å². The predicted octanol–water partition coefficient (Wildman–Crippen LogP) is 2.52. The second-order valence-corrected chi connectivity index (χ2v) is 5.12. The zero-order valence-electron chi connectivity index (χ0n) is 12.9. The standard InChI is InChI=1S/C15H23N3O3/c1-5-15(6-2,13(19)20)17-14(21)16-11-8-7-9-12(10-11)18(3)4/h7-10H,5-6H2,1-4H3,(H,19,20)(H2,16,17,21). The second-order valence-electron chi connectivity index (χ2n) is 5.12. The average molecular weight is 293 g/mol. The SMILES string of the molecule is CCC(CC)(NC(=O)Nc1cccc(N(C)C)c1)C(=O)O. The molecule has 0 aliphatic rings. The fraction of sp³-hybridized carbons (Fsp3) is 0.467. The number of nitrogens with zero attached hydrogens (tertiary/aromatic N) is 1. The number of urea groups is 1. The van der Waals surface area contributed by atoms with E-state index in [1.807, 2.05) is 37.2 Å². The maximum absolute atomic E-state index is 12.0. The number of anilines is 2. The molecular weight excluding hydrogens is 270 g/mol. The monoisotopic (exact) mass is 293 g/mol. The molecule has 1 rings (SSSR count). The molecule has 0 fully saturated rings. The number of aliphatic carboxylic acids is 1. The molecule has 0 aromatic heterocycles. The van der Waals surface area contributed by atoms with Crippen molar-refractivity contribution in [3.05, 3.63) is 24.3 Å². The van der Waals surface area contributed by atoms with Crippen LogP contribution in [0.15, 0.2) is 24.3 Å². The number of benzene rings is 1. The minimum Gasteiger partial charge on any atom is -0.480 e. The van der Waals surface area contributed by atoms with Gasteiger partial charge < -0.3 is 20.6 Å². The van der Waals surface area contributed by atoms with E-state index in [4.69, 9.17) is 0 Å². The molecule has 0 heterocycles. The van der Waals surface area contributed by atoms with Crippen molar-refractivity contribution in [1.29, 1.82) is 0 Å². The van der Waals surface area contributed by atoms with Crippen LogP contribution in [0.2, 0.25) is 0 Å². The number of carboxylic acid groups (broad SMARTS) is 1. The lowest BCUT2D eigenvalue weighted by Crippen LogP contribution is -2.54. The topological polar surface area (TPSA) is 81.7 Å². The summed E-state index contributed by atoms with van der Waals surface area (Å²) in [5.41, 5.74) is 0.331. The Kier molecular flexibility index (Phi) is 5.58. The summed E-state index contributed by atoms with van der Waals surface area (Å²) in [6.45, 7) is 3.48. The molecule has 0 radical (unpaired) electrons. The first kappa shape index (κ1) is 16.8. The number of hydrogen-bond donors (Lipinski definition) is 3. The van der Waals surface area contributed by atoms with E-state index < -0.39 is 17.5 Å². The lowest BCUT2D eigenvalue weighted by atomic mass is 9.93. The Morgan fingerprint density at radius 3 is 2.33 bits per heavy atom. The Hall–Kier alpha value is -2.24. The van der Waals surface area contributed by atoms with Gasteiger partial charge in [0.05, 0.1) is 0 Å². The maximum Gasteiger partial charge on any atom is 0.329 e. The zero-order chi connectivity index (χ0) is 16.0. The second kappa shape index (κ2) is 6.97. The summed E-state index contributed by atoms with van der Waals surface area (Å²) >= 11 is 0. The van der Waals surface area contributed by atoms with E-state index in [9.17, 15) is 14.7 Å². The van der Waals surface area contributed by atoms with Gasteiger partial charge in [0.25, 0.3) is 0 Å². The number of hydrogen-bond acceptors (Lipinski definition) is 3. The number of rotatable bonds is 6. The van der Waals surface area contributed by atoms with Gasteiger partial charge in [0.1, 0.15) is 5.54 Å². The molecule has 0 bridgehead atoms.